The summed E-state index contributed by atoms with van der Waals surface area (Å²) in [6.45, 7) is 4.62. The smallest absolute Gasteiger partial charge is 0.254 e. The van der Waals surface area contributed by atoms with E-state index in [0.29, 0.717) is 56.3 Å². The molecule has 2 amide bonds. The third-order valence-electron chi connectivity index (χ3n) is 5.33. The molecule has 3 rings (SSSR count). The zero-order valence-corrected chi connectivity index (χ0v) is 17.8. The van der Waals surface area contributed by atoms with Crippen LogP contribution in [-0.2, 0) is 11.2 Å². The van der Waals surface area contributed by atoms with E-state index in [-0.39, 0.29) is 11.8 Å². The Bertz CT molecular complexity index is 846. The largest absolute Gasteiger partial charge is 0.493 e. The van der Waals surface area contributed by atoms with Crippen LogP contribution < -0.4 is 9.47 Å². The van der Waals surface area contributed by atoms with E-state index in [0.717, 1.165) is 12.8 Å². The molecule has 160 valence electrons. The highest BCUT2D eigenvalue weighted by atomic mass is 16.5. The molecule has 1 aliphatic heterocycles. The van der Waals surface area contributed by atoms with Gasteiger partial charge in [-0.25, -0.2) is 0 Å². The molecular formula is C24H30N2O4. The van der Waals surface area contributed by atoms with Crippen molar-refractivity contribution in [3.63, 3.8) is 0 Å². The Morgan fingerprint density at radius 1 is 0.933 bits per heavy atom. The minimum atomic E-state index is -0.0465. The SMILES string of the molecule is CCOc1cc(C(=O)N2CCN(C(=O)CCCc3ccccc3)CC2)ccc1OC. The molecule has 0 unspecified atom stereocenters. The van der Waals surface area contributed by atoms with Gasteiger partial charge in [0, 0.05) is 38.2 Å². The second-order valence-corrected chi connectivity index (χ2v) is 7.31. The number of aryl methyl sites for hydroxylation is 1. The molecule has 0 radical (unpaired) electrons. The predicted octanol–water partition coefficient (Wildman–Crippen LogP) is 3.40. The van der Waals surface area contributed by atoms with Crippen molar-refractivity contribution in [1.82, 2.24) is 9.80 Å². The van der Waals surface area contributed by atoms with Gasteiger partial charge in [-0.1, -0.05) is 30.3 Å². The van der Waals surface area contributed by atoms with Gasteiger partial charge in [0.25, 0.3) is 5.91 Å². The van der Waals surface area contributed by atoms with Crippen molar-refractivity contribution >= 4 is 11.8 Å². The van der Waals surface area contributed by atoms with Gasteiger partial charge < -0.3 is 19.3 Å². The average molecular weight is 411 g/mol. The summed E-state index contributed by atoms with van der Waals surface area (Å²) in [5, 5.41) is 0. The van der Waals surface area contributed by atoms with Gasteiger partial charge in [0.2, 0.25) is 5.91 Å². The molecule has 6 nitrogen and oxygen atoms in total. The monoisotopic (exact) mass is 410 g/mol. The minimum absolute atomic E-state index is 0.0465. The van der Waals surface area contributed by atoms with E-state index in [1.54, 1.807) is 30.2 Å². The second kappa shape index (κ2) is 10.7. The summed E-state index contributed by atoms with van der Waals surface area (Å²) in [6.07, 6.45) is 2.29. The maximum Gasteiger partial charge on any atom is 0.254 e. The zero-order valence-electron chi connectivity index (χ0n) is 17.8. The summed E-state index contributed by atoms with van der Waals surface area (Å²) >= 11 is 0. The molecular weight excluding hydrogens is 380 g/mol. The maximum absolute atomic E-state index is 12.9. The molecule has 2 aromatic carbocycles. The molecule has 0 bridgehead atoms. The topological polar surface area (TPSA) is 59.1 Å². The first-order valence-corrected chi connectivity index (χ1v) is 10.5. The van der Waals surface area contributed by atoms with Crippen LogP contribution in [0, 0.1) is 0 Å². The lowest BCUT2D eigenvalue weighted by molar-refractivity contribution is -0.132. The normalized spacial score (nSPS) is 13.8. The lowest BCUT2D eigenvalue weighted by atomic mass is 10.1. The first-order chi connectivity index (χ1) is 14.6. The minimum Gasteiger partial charge on any atom is -0.493 e. The van der Waals surface area contributed by atoms with Crippen molar-refractivity contribution in [2.45, 2.75) is 26.2 Å². The summed E-state index contributed by atoms with van der Waals surface area (Å²) in [5.41, 5.74) is 1.83. The van der Waals surface area contributed by atoms with Gasteiger partial charge in [-0.2, -0.15) is 0 Å². The fourth-order valence-electron chi connectivity index (χ4n) is 3.67. The highest BCUT2D eigenvalue weighted by Crippen LogP contribution is 2.28. The van der Waals surface area contributed by atoms with E-state index in [4.69, 9.17) is 9.47 Å². The number of carbonyl (C=O) groups is 2. The highest BCUT2D eigenvalue weighted by molar-refractivity contribution is 5.95. The molecule has 0 aromatic heterocycles. The lowest BCUT2D eigenvalue weighted by Gasteiger charge is -2.35. The third kappa shape index (κ3) is 5.53. The van der Waals surface area contributed by atoms with Crippen molar-refractivity contribution in [3.05, 3.63) is 59.7 Å². The summed E-state index contributed by atoms with van der Waals surface area (Å²) < 4.78 is 10.9. The van der Waals surface area contributed by atoms with Gasteiger partial charge in [-0.3, -0.25) is 9.59 Å². The quantitative estimate of drug-likeness (QED) is 0.669. The number of piperazine rings is 1. The molecule has 0 aliphatic carbocycles. The Morgan fingerprint density at radius 3 is 2.30 bits per heavy atom. The van der Waals surface area contributed by atoms with Crippen LogP contribution in [-0.4, -0.2) is 61.5 Å². The fraction of sp³-hybridized carbons (Fsp3) is 0.417. The van der Waals surface area contributed by atoms with Crippen molar-refractivity contribution in [2.75, 3.05) is 39.9 Å². The highest BCUT2D eigenvalue weighted by Gasteiger charge is 2.25. The summed E-state index contributed by atoms with van der Waals surface area (Å²) in [4.78, 5) is 29.1. The molecule has 1 aliphatic rings. The van der Waals surface area contributed by atoms with Gasteiger partial charge in [-0.05, 0) is 43.5 Å². The van der Waals surface area contributed by atoms with Crippen LogP contribution in [0.15, 0.2) is 48.5 Å². The Kier molecular flexibility index (Phi) is 7.71. The Balaban J connectivity index is 1.49. The Hall–Kier alpha value is -3.02. The van der Waals surface area contributed by atoms with Crippen LogP contribution in [0.5, 0.6) is 11.5 Å². The molecule has 0 saturated carbocycles. The number of carbonyl (C=O) groups excluding carboxylic acids is 2. The van der Waals surface area contributed by atoms with Crippen molar-refractivity contribution in [1.29, 1.82) is 0 Å². The van der Waals surface area contributed by atoms with Crippen LogP contribution in [0.2, 0.25) is 0 Å². The van der Waals surface area contributed by atoms with Crippen molar-refractivity contribution < 1.29 is 19.1 Å². The molecule has 0 N–H and O–H groups in total. The molecule has 0 spiro atoms. The molecule has 6 heteroatoms. The number of ether oxygens (including phenoxy) is 2. The van der Waals surface area contributed by atoms with Crippen LogP contribution in [0.3, 0.4) is 0 Å². The maximum atomic E-state index is 12.9. The third-order valence-corrected chi connectivity index (χ3v) is 5.33. The van der Waals surface area contributed by atoms with Crippen LogP contribution in [0.1, 0.15) is 35.7 Å². The fourth-order valence-corrected chi connectivity index (χ4v) is 3.67. The lowest BCUT2D eigenvalue weighted by Crippen LogP contribution is -2.50. The first kappa shape index (κ1) is 21.7. The van der Waals surface area contributed by atoms with E-state index >= 15 is 0 Å². The molecule has 1 fully saturated rings. The first-order valence-electron chi connectivity index (χ1n) is 10.5. The van der Waals surface area contributed by atoms with Gasteiger partial charge >= 0.3 is 0 Å². The Labute approximate surface area is 178 Å². The van der Waals surface area contributed by atoms with Gasteiger partial charge in [0.1, 0.15) is 0 Å². The molecule has 30 heavy (non-hydrogen) atoms. The van der Waals surface area contributed by atoms with Crippen LogP contribution in [0.4, 0.5) is 0 Å². The number of benzene rings is 2. The number of hydrogen-bond acceptors (Lipinski definition) is 4. The number of methoxy groups -OCH3 is 1. The summed E-state index contributed by atoms with van der Waals surface area (Å²) in [7, 11) is 1.58. The zero-order chi connectivity index (χ0) is 21.3. The van der Waals surface area contributed by atoms with E-state index in [2.05, 4.69) is 12.1 Å². The molecule has 2 aromatic rings. The second-order valence-electron chi connectivity index (χ2n) is 7.31. The number of rotatable bonds is 8. The van der Waals surface area contributed by atoms with E-state index in [9.17, 15) is 9.59 Å². The standard InChI is InChI=1S/C24H30N2O4/c1-3-30-22-18-20(12-13-21(22)29-2)24(28)26-16-14-25(15-17-26)23(27)11-7-10-19-8-5-4-6-9-19/h4-6,8-9,12-13,18H,3,7,10-11,14-17H2,1-2H3. The van der Waals surface area contributed by atoms with E-state index < -0.39 is 0 Å². The summed E-state index contributed by atoms with van der Waals surface area (Å²) in [6, 6.07) is 15.5. The number of amides is 2. The van der Waals surface area contributed by atoms with Crippen LogP contribution in [0.25, 0.3) is 0 Å². The van der Waals surface area contributed by atoms with E-state index in [1.165, 1.54) is 5.56 Å². The van der Waals surface area contributed by atoms with Crippen LogP contribution >= 0.6 is 0 Å². The Morgan fingerprint density at radius 2 is 1.63 bits per heavy atom. The van der Waals surface area contributed by atoms with Gasteiger partial charge in [0.05, 0.1) is 13.7 Å². The molecule has 1 heterocycles. The predicted molar refractivity (Wildman–Crippen MR) is 116 cm³/mol. The number of hydrogen-bond donors (Lipinski definition) is 0. The molecule has 0 atom stereocenters. The van der Waals surface area contributed by atoms with Gasteiger partial charge in [-0.15, -0.1) is 0 Å². The molecule has 1 saturated heterocycles. The van der Waals surface area contributed by atoms with Crippen molar-refractivity contribution in [2.24, 2.45) is 0 Å². The van der Waals surface area contributed by atoms with Gasteiger partial charge in [0.15, 0.2) is 11.5 Å². The average Bonchev–Trinajstić information content (AvgIpc) is 2.79. The van der Waals surface area contributed by atoms with E-state index in [1.807, 2.05) is 30.0 Å². The summed E-state index contributed by atoms with van der Waals surface area (Å²) in [5.74, 6) is 1.30. The van der Waals surface area contributed by atoms with Crippen molar-refractivity contribution in [3.8, 4) is 11.5 Å². The number of nitrogens with zero attached hydrogens (tertiary/aromatic N) is 2.